The number of benzene rings is 1. The van der Waals surface area contributed by atoms with E-state index in [4.69, 9.17) is 15.2 Å². The van der Waals surface area contributed by atoms with Gasteiger partial charge in [-0.05, 0) is 18.4 Å². The lowest BCUT2D eigenvalue weighted by Gasteiger charge is -2.11. The third-order valence-corrected chi connectivity index (χ3v) is 2.58. The van der Waals surface area contributed by atoms with E-state index in [2.05, 4.69) is 13.8 Å². The molecule has 1 rings (SSSR count). The Morgan fingerprint density at radius 3 is 2.67 bits per heavy atom. The van der Waals surface area contributed by atoms with Crippen molar-refractivity contribution in [2.24, 2.45) is 11.7 Å². The van der Waals surface area contributed by atoms with Crippen LogP contribution in [-0.4, -0.2) is 19.8 Å². The van der Waals surface area contributed by atoms with Gasteiger partial charge in [0.15, 0.2) is 11.6 Å². The van der Waals surface area contributed by atoms with Gasteiger partial charge in [0.25, 0.3) is 0 Å². The molecule has 1 aromatic rings. The van der Waals surface area contributed by atoms with Gasteiger partial charge < -0.3 is 15.2 Å². The fraction of sp³-hybridized carbons (Fsp3) is 0.571. The standard InChI is InChI=1S/C14H22FNO2/c1-11(2)6-7-17-8-9-18-14-12(10-16)4-3-5-13(14)15/h3-5,11H,6-10,16H2,1-2H3. The van der Waals surface area contributed by atoms with Crippen LogP contribution in [-0.2, 0) is 11.3 Å². The van der Waals surface area contributed by atoms with E-state index >= 15 is 0 Å². The molecule has 0 saturated heterocycles. The van der Waals surface area contributed by atoms with Crippen LogP contribution in [0.4, 0.5) is 4.39 Å². The van der Waals surface area contributed by atoms with Crippen LogP contribution in [0.5, 0.6) is 5.75 Å². The molecular formula is C14H22FNO2. The third kappa shape index (κ3) is 5.02. The molecule has 0 heterocycles. The van der Waals surface area contributed by atoms with Gasteiger partial charge >= 0.3 is 0 Å². The highest BCUT2D eigenvalue weighted by molar-refractivity contribution is 5.34. The number of para-hydroxylation sites is 1. The first-order valence-electron chi connectivity index (χ1n) is 6.33. The molecule has 0 atom stereocenters. The molecule has 0 bridgehead atoms. The summed E-state index contributed by atoms with van der Waals surface area (Å²) in [7, 11) is 0. The predicted octanol–water partition coefficient (Wildman–Crippen LogP) is 2.73. The number of ether oxygens (including phenoxy) is 2. The molecule has 3 nitrogen and oxygen atoms in total. The van der Waals surface area contributed by atoms with Crippen molar-refractivity contribution in [2.75, 3.05) is 19.8 Å². The summed E-state index contributed by atoms with van der Waals surface area (Å²) < 4.78 is 24.3. The molecule has 0 aliphatic rings. The lowest BCUT2D eigenvalue weighted by Crippen LogP contribution is -2.11. The molecule has 0 spiro atoms. The molecule has 0 aliphatic heterocycles. The maximum Gasteiger partial charge on any atom is 0.165 e. The Labute approximate surface area is 108 Å². The van der Waals surface area contributed by atoms with Crippen molar-refractivity contribution in [1.82, 2.24) is 0 Å². The van der Waals surface area contributed by atoms with E-state index in [1.807, 2.05) is 0 Å². The van der Waals surface area contributed by atoms with E-state index in [1.54, 1.807) is 12.1 Å². The first-order chi connectivity index (χ1) is 8.65. The first-order valence-corrected chi connectivity index (χ1v) is 6.33. The Morgan fingerprint density at radius 1 is 1.22 bits per heavy atom. The van der Waals surface area contributed by atoms with Gasteiger partial charge in [-0.3, -0.25) is 0 Å². The van der Waals surface area contributed by atoms with Crippen LogP contribution in [0.3, 0.4) is 0 Å². The van der Waals surface area contributed by atoms with Crippen molar-refractivity contribution in [3.8, 4) is 5.75 Å². The van der Waals surface area contributed by atoms with Crippen molar-refractivity contribution in [3.63, 3.8) is 0 Å². The van der Waals surface area contributed by atoms with Crippen molar-refractivity contribution < 1.29 is 13.9 Å². The Morgan fingerprint density at radius 2 is 2.00 bits per heavy atom. The maximum absolute atomic E-state index is 13.5. The zero-order valence-electron chi connectivity index (χ0n) is 11.1. The van der Waals surface area contributed by atoms with E-state index in [0.717, 1.165) is 6.42 Å². The predicted molar refractivity (Wildman–Crippen MR) is 70.1 cm³/mol. The van der Waals surface area contributed by atoms with Crippen LogP contribution in [0, 0.1) is 11.7 Å². The van der Waals surface area contributed by atoms with E-state index in [0.29, 0.717) is 31.3 Å². The molecule has 18 heavy (non-hydrogen) atoms. The van der Waals surface area contributed by atoms with Crippen LogP contribution < -0.4 is 10.5 Å². The first kappa shape index (κ1) is 14.9. The molecule has 102 valence electrons. The van der Waals surface area contributed by atoms with Crippen LogP contribution in [0.2, 0.25) is 0 Å². The molecule has 1 aromatic carbocycles. The summed E-state index contributed by atoms with van der Waals surface area (Å²) in [6.45, 7) is 6.07. The van der Waals surface area contributed by atoms with Gasteiger partial charge in [-0.25, -0.2) is 4.39 Å². The summed E-state index contributed by atoms with van der Waals surface area (Å²) in [6.07, 6.45) is 1.02. The van der Waals surface area contributed by atoms with Gasteiger partial charge in [0, 0.05) is 18.7 Å². The minimum absolute atomic E-state index is 0.243. The third-order valence-electron chi connectivity index (χ3n) is 2.58. The van der Waals surface area contributed by atoms with Crippen molar-refractivity contribution >= 4 is 0 Å². The van der Waals surface area contributed by atoms with Crippen LogP contribution in [0.25, 0.3) is 0 Å². The van der Waals surface area contributed by atoms with E-state index in [9.17, 15) is 4.39 Å². The van der Waals surface area contributed by atoms with Crippen molar-refractivity contribution in [3.05, 3.63) is 29.6 Å². The SMILES string of the molecule is CC(C)CCOCCOc1c(F)cccc1CN. The molecule has 0 unspecified atom stereocenters. The van der Waals surface area contributed by atoms with Gasteiger partial charge in [0.1, 0.15) is 6.61 Å². The quantitative estimate of drug-likeness (QED) is 0.726. The molecule has 0 fully saturated rings. The summed E-state index contributed by atoms with van der Waals surface area (Å²) >= 11 is 0. The van der Waals surface area contributed by atoms with E-state index < -0.39 is 0 Å². The van der Waals surface area contributed by atoms with Gasteiger partial charge in [0.2, 0.25) is 0 Å². The highest BCUT2D eigenvalue weighted by Crippen LogP contribution is 2.21. The second-order valence-corrected chi connectivity index (χ2v) is 4.58. The minimum Gasteiger partial charge on any atom is -0.488 e. The molecular weight excluding hydrogens is 233 g/mol. The zero-order valence-corrected chi connectivity index (χ0v) is 11.1. The molecule has 0 aromatic heterocycles. The lowest BCUT2D eigenvalue weighted by molar-refractivity contribution is 0.0910. The Balaban J connectivity index is 2.31. The zero-order chi connectivity index (χ0) is 13.4. The second kappa shape index (κ2) is 8.06. The Bertz CT molecular complexity index is 356. The van der Waals surface area contributed by atoms with Gasteiger partial charge in [-0.2, -0.15) is 0 Å². The number of halogens is 1. The normalized spacial score (nSPS) is 10.9. The van der Waals surface area contributed by atoms with Crippen LogP contribution in [0.1, 0.15) is 25.8 Å². The average molecular weight is 255 g/mol. The molecule has 0 saturated carbocycles. The topological polar surface area (TPSA) is 44.5 Å². The monoisotopic (exact) mass is 255 g/mol. The number of hydrogen-bond acceptors (Lipinski definition) is 3. The molecule has 0 radical (unpaired) electrons. The Hall–Kier alpha value is -1.13. The highest BCUT2D eigenvalue weighted by Gasteiger charge is 2.08. The van der Waals surface area contributed by atoms with Gasteiger partial charge in [-0.15, -0.1) is 0 Å². The number of nitrogens with two attached hydrogens (primary N) is 1. The molecule has 4 heteroatoms. The fourth-order valence-corrected chi connectivity index (χ4v) is 1.50. The summed E-state index contributed by atoms with van der Waals surface area (Å²) in [6, 6.07) is 4.76. The van der Waals surface area contributed by atoms with Gasteiger partial charge in [-0.1, -0.05) is 26.0 Å². The second-order valence-electron chi connectivity index (χ2n) is 4.58. The average Bonchev–Trinajstić information content (AvgIpc) is 2.34. The van der Waals surface area contributed by atoms with Gasteiger partial charge in [0.05, 0.1) is 6.61 Å². The molecule has 2 N–H and O–H groups in total. The molecule has 0 amide bonds. The van der Waals surface area contributed by atoms with Crippen LogP contribution in [0.15, 0.2) is 18.2 Å². The number of hydrogen-bond donors (Lipinski definition) is 1. The largest absolute Gasteiger partial charge is 0.488 e. The highest BCUT2D eigenvalue weighted by atomic mass is 19.1. The lowest BCUT2D eigenvalue weighted by atomic mass is 10.1. The summed E-state index contributed by atoms with van der Waals surface area (Å²) in [5.41, 5.74) is 6.20. The van der Waals surface area contributed by atoms with Crippen LogP contribution >= 0.6 is 0 Å². The molecule has 0 aliphatic carbocycles. The maximum atomic E-state index is 13.5. The fourth-order valence-electron chi connectivity index (χ4n) is 1.50. The van der Waals surface area contributed by atoms with E-state index in [1.165, 1.54) is 6.07 Å². The van der Waals surface area contributed by atoms with E-state index in [-0.39, 0.29) is 18.1 Å². The summed E-state index contributed by atoms with van der Waals surface area (Å²) in [5.74, 6) is 0.494. The smallest absolute Gasteiger partial charge is 0.165 e. The van der Waals surface area contributed by atoms with Crippen molar-refractivity contribution in [1.29, 1.82) is 0 Å². The Kier molecular flexibility index (Phi) is 6.68. The minimum atomic E-state index is -0.375. The summed E-state index contributed by atoms with van der Waals surface area (Å²) in [5, 5.41) is 0. The summed E-state index contributed by atoms with van der Waals surface area (Å²) in [4.78, 5) is 0. The van der Waals surface area contributed by atoms with Crippen molar-refractivity contribution in [2.45, 2.75) is 26.8 Å². The number of rotatable bonds is 8.